The first-order chi connectivity index (χ1) is 16.5. The number of halogens is 1. The molecule has 2 aromatic rings. The Morgan fingerprint density at radius 1 is 1.18 bits per heavy atom. The minimum absolute atomic E-state index is 0.160. The molecule has 3 rings (SSSR count). The van der Waals surface area contributed by atoms with Crippen molar-refractivity contribution in [3.8, 4) is 0 Å². The van der Waals surface area contributed by atoms with Gasteiger partial charge in [-0.05, 0) is 24.1 Å². The number of aromatic nitrogens is 2. The summed E-state index contributed by atoms with van der Waals surface area (Å²) in [6.45, 7) is 7.33. The molecule has 1 fully saturated rings. The second-order valence-corrected chi connectivity index (χ2v) is 9.56. The van der Waals surface area contributed by atoms with E-state index < -0.39 is 10.8 Å². The fraction of sp³-hybridized carbons (Fsp3) is 0.560. The highest BCUT2D eigenvalue weighted by Crippen LogP contribution is 2.29. The van der Waals surface area contributed by atoms with Gasteiger partial charge < -0.3 is 14.8 Å². The molecule has 188 valence electrons. The van der Waals surface area contributed by atoms with Crippen molar-refractivity contribution in [3.05, 3.63) is 46.9 Å². The van der Waals surface area contributed by atoms with Gasteiger partial charge in [-0.2, -0.15) is 0 Å². The molecule has 1 aliphatic heterocycles. The highest BCUT2D eigenvalue weighted by Gasteiger charge is 2.23. The van der Waals surface area contributed by atoms with Crippen LogP contribution in [0.2, 0.25) is 5.02 Å². The van der Waals surface area contributed by atoms with Gasteiger partial charge in [-0.3, -0.25) is 14.0 Å². The molecule has 1 saturated heterocycles. The lowest BCUT2D eigenvalue weighted by molar-refractivity contribution is -0.117. The maximum Gasteiger partial charge on any atom is 0.233 e. The Hall–Kier alpha value is -1.87. The van der Waals surface area contributed by atoms with E-state index in [-0.39, 0.29) is 18.1 Å². The molecule has 1 N–H and O–H groups in total. The SMILES string of the molecule is CC.CCCCCCC(C(=O)Nc1cnc(CC2OCCO2)cn1)c1ccc(S(C)=O)c(Cl)c1. The third-order valence-corrected chi connectivity index (χ3v) is 6.75. The smallest absolute Gasteiger partial charge is 0.233 e. The highest BCUT2D eigenvalue weighted by atomic mass is 35.5. The monoisotopic (exact) mass is 509 g/mol. The highest BCUT2D eigenvalue weighted by molar-refractivity contribution is 7.84. The quantitative estimate of drug-likeness (QED) is 0.402. The van der Waals surface area contributed by atoms with Crippen LogP contribution in [-0.2, 0) is 31.5 Å². The van der Waals surface area contributed by atoms with E-state index in [9.17, 15) is 9.00 Å². The summed E-state index contributed by atoms with van der Waals surface area (Å²) in [6, 6.07) is 5.32. The van der Waals surface area contributed by atoms with E-state index >= 15 is 0 Å². The second-order valence-electron chi connectivity index (χ2n) is 7.80. The summed E-state index contributed by atoms with van der Waals surface area (Å²) in [5.41, 5.74) is 1.54. The molecule has 34 heavy (non-hydrogen) atoms. The number of hydrogen-bond donors (Lipinski definition) is 1. The number of amides is 1. The van der Waals surface area contributed by atoms with Crippen molar-refractivity contribution < 1.29 is 18.5 Å². The van der Waals surface area contributed by atoms with E-state index in [1.165, 1.54) is 0 Å². The van der Waals surface area contributed by atoms with E-state index in [0.717, 1.165) is 36.9 Å². The molecule has 1 aliphatic rings. The van der Waals surface area contributed by atoms with Crippen LogP contribution < -0.4 is 5.32 Å². The average molecular weight is 510 g/mol. The fourth-order valence-electron chi connectivity index (χ4n) is 3.63. The summed E-state index contributed by atoms with van der Waals surface area (Å²) in [7, 11) is -1.19. The minimum Gasteiger partial charge on any atom is -0.350 e. The lowest BCUT2D eigenvalue weighted by Gasteiger charge is -2.18. The van der Waals surface area contributed by atoms with Gasteiger partial charge in [0.1, 0.15) is 0 Å². The summed E-state index contributed by atoms with van der Waals surface area (Å²) in [4.78, 5) is 22.4. The number of rotatable bonds is 11. The Balaban J connectivity index is 0.00000199. The molecule has 1 aromatic heterocycles. The second kappa shape index (κ2) is 15.2. The van der Waals surface area contributed by atoms with Crippen molar-refractivity contribution in [2.75, 3.05) is 24.8 Å². The number of carbonyl (C=O) groups excluding carboxylic acids is 1. The van der Waals surface area contributed by atoms with Crippen LogP contribution in [0.15, 0.2) is 35.5 Å². The largest absolute Gasteiger partial charge is 0.350 e. The molecule has 0 aliphatic carbocycles. The maximum atomic E-state index is 13.1. The van der Waals surface area contributed by atoms with Crippen molar-refractivity contribution in [1.29, 1.82) is 0 Å². The van der Waals surface area contributed by atoms with Gasteiger partial charge in [0.05, 0.1) is 57.9 Å². The Labute approximate surface area is 210 Å². The van der Waals surface area contributed by atoms with Gasteiger partial charge in [0, 0.05) is 12.7 Å². The van der Waals surface area contributed by atoms with Crippen molar-refractivity contribution >= 4 is 34.1 Å². The van der Waals surface area contributed by atoms with Gasteiger partial charge in [-0.25, -0.2) is 4.98 Å². The summed E-state index contributed by atoms with van der Waals surface area (Å²) in [6.07, 6.45) is 9.92. The van der Waals surface area contributed by atoms with Crippen molar-refractivity contribution in [2.45, 2.75) is 76.4 Å². The van der Waals surface area contributed by atoms with Gasteiger partial charge in [0.2, 0.25) is 5.91 Å². The zero-order valence-corrected chi connectivity index (χ0v) is 22.1. The number of carbonyl (C=O) groups is 1. The Morgan fingerprint density at radius 3 is 2.50 bits per heavy atom. The van der Waals surface area contributed by atoms with Crippen LogP contribution in [0.4, 0.5) is 5.82 Å². The Morgan fingerprint density at radius 2 is 1.91 bits per heavy atom. The standard InChI is InChI=1S/C23H30ClN3O4S.C2H6/c1-3-4-5-6-7-18(16-8-9-20(32(2)29)19(24)12-16)23(28)27-21-15-25-17(14-26-21)13-22-30-10-11-31-22;1-2/h8-9,12,14-15,18,22H,3-7,10-11,13H2,1-2H3,(H,26,27,28);1-2H3. The molecule has 9 heteroatoms. The van der Waals surface area contributed by atoms with E-state index in [1.807, 2.05) is 19.9 Å². The number of anilines is 1. The lowest BCUT2D eigenvalue weighted by Crippen LogP contribution is -2.22. The van der Waals surface area contributed by atoms with E-state index in [1.54, 1.807) is 30.8 Å². The predicted molar refractivity (Wildman–Crippen MR) is 137 cm³/mol. The van der Waals surface area contributed by atoms with Gasteiger partial charge >= 0.3 is 0 Å². The van der Waals surface area contributed by atoms with Crippen LogP contribution in [0.5, 0.6) is 0 Å². The van der Waals surface area contributed by atoms with Crippen LogP contribution in [-0.4, -0.2) is 45.8 Å². The summed E-state index contributed by atoms with van der Waals surface area (Å²) < 4.78 is 22.7. The molecule has 1 aromatic carbocycles. The van der Waals surface area contributed by atoms with Gasteiger partial charge in [-0.15, -0.1) is 0 Å². The van der Waals surface area contributed by atoms with Crippen LogP contribution >= 0.6 is 11.6 Å². The number of unbranched alkanes of at least 4 members (excludes halogenated alkanes) is 3. The molecule has 0 saturated carbocycles. The molecule has 2 heterocycles. The number of nitrogens with zero attached hydrogens (tertiary/aromatic N) is 2. The van der Waals surface area contributed by atoms with E-state index in [2.05, 4.69) is 22.2 Å². The van der Waals surface area contributed by atoms with Crippen molar-refractivity contribution in [2.24, 2.45) is 0 Å². The van der Waals surface area contributed by atoms with Crippen LogP contribution in [0.25, 0.3) is 0 Å². The number of benzene rings is 1. The first-order valence-corrected chi connectivity index (χ1v) is 13.9. The number of nitrogens with one attached hydrogen (secondary N) is 1. The molecular formula is C25H36ClN3O4S. The first kappa shape index (κ1) is 28.4. The molecule has 0 bridgehead atoms. The van der Waals surface area contributed by atoms with Crippen LogP contribution in [0, 0.1) is 0 Å². The molecule has 2 unspecified atom stereocenters. The zero-order chi connectivity index (χ0) is 24.9. The number of hydrogen-bond acceptors (Lipinski definition) is 6. The molecule has 1 amide bonds. The molecule has 7 nitrogen and oxygen atoms in total. The normalized spacial score (nSPS) is 15.3. The van der Waals surface area contributed by atoms with E-state index in [0.29, 0.717) is 41.8 Å². The van der Waals surface area contributed by atoms with E-state index in [4.69, 9.17) is 21.1 Å². The minimum atomic E-state index is -1.19. The first-order valence-electron chi connectivity index (χ1n) is 12.0. The summed E-state index contributed by atoms with van der Waals surface area (Å²) >= 11 is 6.34. The molecular weight excluding hydrogens is 474 g/mol. The fourth-order valence-corrected chi connectivity index (χ4v) is 4.73. The predicted octanol–water partition coefficient (Wildman–Crippen LogP) is 5.50. The molecule has 0 spiro atoms. The molecule has 2 atom stereocenters. The van der Waals surface area contributed by atoms with Gasteiger partial charge in [-0.1, -0.05) is 64.1 Å². The lowest BCUT2D eigenvalue weighted by atomic mass is 9.92. The average Bonchev–Trinajstić information content (AvgIpc) is 3.34. The summed E-state index contributed by atoms with van der Waals surface area (Å²) in [5.74, 6) is -0.152. The number of ether oxygens (including phenoxy) is 2. The van der Waals surface area contributed by atoms with Crippen molar-refractivity contribution in [3.63, 3.8) is 0 Å². The van der Waals surface area contributed by atoms with Crippen LogP contribution in [0.1, 0.15) is 70.1 Å². The third-order valence-electron chi connectivity index (χ3n) is 5.35. The zero-order valence-electron chi connectivity index (χ0n) is 20.5. The third kappa shape index (κ3) is 8.73. The molecule has 0 radical (unpaired) electrons. The van der Waals surface area contributed by atoms with Crippen LogP contribution in [0.3, 0.4) is 0 Å². The Bertz CT molecular complexity index is 921. The summed E-state index contributed by atoms with van der Waals surface area (Å²) in [5, 5.41) is 3.29. The van der Waals surface area contributed by atoms with Gasteiger partial charge in [0.25, 0.3) is 0 Å². The maximum absolute atomic E-state index is 13.1. The van der Waals surface area contributed by atoms with Gasteiger partial charge in [0.15, 0.2) is 12.1 Å². The Kier molecular flexibility index (Phi) is 12.7. The van der Waals surface area contributed by atoms with Crippen molar-refractivity contribution in [1.82, 2.24) is 9.97 Å². The topological polar surface area (TPSA) is 90.4 Å².